The third-order valence-electron chi connectivity index (χ3n) is 4.59. The summed E-state index contributed by atoms with van der Waals surface area (Å²) >= 11 is 0. The highest BCUT2D eigenvalue weighted by atomic mass is 16.2. The summed E-state index contributed by atoms with van der Waals surface area (Å²) in [5.41, 5.74) is 3.40. The van der Waals surface area contributed by atoms with Crippen LogP contribution in [-0.2, 0) is 7.05 Å². The molecule has 8 nitrogen and oxygen atoms in total. The second-order valence-corrected chi connectivity index (χ2v) is 6.43. The molecule has 1 fully saturated rings. The van der Waals surface area contributed by atoms with Crippen molar-refractivity contribution in [2.75, 3.05) is 31.1 Å². The number of carbonyl (C=O) groups excluding carboxylic acids is 1. The SMILES string of the molecule is Cc1cc(N2CCN(C(=O)c3ccnn3C)CC2)n2nc(C)cc2n1. The molecule has 25 heavy (non-hydrogen) atoms. The van der Waals surface area contributed by atoms with E-state index < -0.39 is 0 Å². The first-order valence-electron chi connectivity index (χ1n) is 8.39. The molecule has 0 N–H and O–H groups in total. The predicted molar refractivity (Wildman–Crippen MR) is 93.8 cm³/mol. The number of aromatic nitrogens is 5. The molecule has 0 unspecified atom stereocenters. The maximum absolute atomic E-state index is 12.6. The summed E-state index contributed by atoms with van der Waals surface area (Å²) in [4.78, 5) is 21.3. The Kier molecular flexibility index (Phi) is 3.67. The first-order valence-corrected chi connectivity index (χ1v) is 8.39. The van der Waals surface area contributed by atoms with Gasteiger partial charge in [-0.05, 0) is 19.9 Å². The van der Waals surface area contributed by atoms with Crippen LogP contribution in [0.15, 0.2) is 24.4 Å². The Balaban J connectivity index is 1.54. The van der Waals surface area contributed by atoms with Crippen molar-refractivity contribution in [1.29, 1.82) is 0 Å². The molecule has 0 bridgehead atoms. The molecule has 4 rings (SSSR count). The van der Waals surface area contributed by atoms with Gasteiger partial charge in [0.2, 0.25) is 0 Å². The molecule has 0 saturated carbocycles. The smallest absolute Gasteiger partial charge is 0.272 e. The van der Waals surface area contributed by atoms with Crippen LogP contribution in [0.5, 0.6) is 0 Å². The fourth-order valence-electron chi connectivity index (χ4n) is 3.30. The van der Waals surface area contributed by atoms with Crippen LogP contribution in [0.1, 0.15) is 21.9 Å². The predicted octanol–water partition coefficient (Wildman–Crippen LogP) is 1.04. The van der Waals surface area contributed by atoms with Gasteiger partial charge in [-0.1, -0.05) is 0 Å². The number of hydrogen-bond donors (Lipinski definition) is 0. The number of hydrogen-bond acceptors (Lipinski definition) is 5. The molecule has 0 spiro atoms. The summed E-state index contributed by atoms with van der Waals surface area (Å²) in [6.07, 6.45) is 1.65. The summed E-state index contributed by atoms with van der Waals surface area (Å²) in [6.45, 7) is 6.84. The maximum Gasteiger partial charge on any atom is 0.272 e. The van der Waals surface area contributed by atoms with Gasteiger partial charge in [0.25, 0.3) is 5.91 Å². The highest BCUT2D eigenvalue weighted by Gasteiger charge is 2.25. The number of carbonyl (C=O) groups is 1. The van der Waals surface area contributed by atoms with Gasteiger partial charge in [-0.25, -0.2) is 4.98 Å². The molecule has 4 heterocycles. The van der Waals surface area contributed by atoms with Crippen molar-refractivity contribution in [3.8, 4) is 0 Å². The van der Waals surface area contributed by atoms with E-state index in [1.165, 1.54) is 0 Å². The number of rotatable bonds is 2. The van der Waals surface area contributed by atoms with Crippen molar-refractivity contribution in [1.82, 2.24) is 29.3 Å². The van der Waals surface area contributed by atoms with E-state index in [4.69, 9.17) is 0 Å². The fraction of sp³-hybridized carbons (Fsp3) is 0.412. The summed E-state index contributed by atoms with van der Waals surface area (Å²) in [7, 11) is 1.79. The van der Waals surface area contributed by atoms with Gasteiger partial charge in [-0.3, -0.25) is 9.48 Å². The van der Waals surface area contributed by atoms with Crippen molar-refractivity contribution in [2.24, 2.45) is 7.05 Å². The monoisotopic (exact) mass is 339 g/mol. The molecule has 0 atom stereocenters. The quantitative estimate of drug-likeness (QED) is 0.698. The van der Waals surface area contributed by atoms with Gasteiger partial charge < -0.3 is 9.80 Å². The third kappa shape index (κ3) is 2.73. The molecule has 1 saturated heterocycles. The Morgan fingerprint density at radius 1 is 1.08 bits per heavy atom. The van der Waals surface area contributed by atoms with Crippen LogP contribution in [0.3, 0.4) is 0 Å². The van der Waals surface area contributed by atoms with E-state index in [2.05, 4.69) is 26.1 Å². The van der Waals surface area contributed by atoms with E-state index in [1.807, 2.05) is 29.3 Å². The molecule has 1 aliphatic heterocycles. The second-order valence-electron chi connectivity index (χ2n) is 6.43. The molecule has 0 aliphatic carbocycles. The number of amides is 1. The van der Waals surface area contributed by atoms with Crippen molar-refractivity contribution in [3.63, 3.8) is 0 Å². The van der Waals surface area contributed by atoms with Gasteiger partial charge in [-0.2, -0.15) is 14.7 Å². The van der Waals surface area contributed by atoms with Gasteiger partial charge in [-0.15, -0.1) is 0 Å². The minimum Gasteiger partial charge on any atom is -0.353 e. The minimum absolute atomic E-state index is 0.0330. The van der Waals surface area contributed by atoms with Crippen LogP contribution in [0.25, 0.3) is 5.65 Å². The number of piperazine rings is 1. The largest absolute Gasteiger partial charge is 0.353 e. The van der Waals surface area contributed by atoms with Gasteiger partial charge >= 0.3 is 0 Å². The lowest BCUT2D eigenvalue weighted by molar-refractivity contribution is 0.0735. The van der Waals surface area contributed by atoms with E-state index in [0.717, 1.165) is 35.9 Å². The fourth-order valence-corrected chi connectivity index (χ4v) is 3.30. The lowest BCUT2D eigenvalue weighted by Crippen LogP contribution is -2.49. The summed E-state index contributed by atoms with van der Waals surface area (Å²) in [5, 5.41) is 8.64. The molecule has 0 radical (unpaired) electrons. The van der Waals surface area contributed by atoms with Crippen molar-refractivity contribution in [2.45, 2.75) is 13.8 Å². The van der Waals surface area contributed by atoms with Gasteiger partial charge in [0.1, 0.15) is 11.5 Å². The van der Waals surface area contributed by atoms with Gasteiger partial charge in [0, 0.05) is 57.3 Å². The molecular formula is C17H21N7O. The van der Waals surface area contributed by atoms with Crippen LogP contribution in [0, 0.1) is 13.8 Å². The molecule has 8 heteroatoms. The summed E-state index contributed by atoms with van der Waals surface area (Å²) in [6, 6.07) is 5.80. The number of fused-ring (bicyclic) bond motifs is 1. The maximum atomic E-state index is 12.6. The van der Waals surface area contributed by atoms with E-state index in [1.54, 1.807) is 24.0 Å². The van der Waals surface area contributed by atoms with Crippen LogP contribution < -0.4 is 4.90 Å². The topological polar surface area (TPSA) is 71.6 Å². The van der Waals surface area contributed by atoms with E-state index in [0.29, 0.717) is 18.8 Å². The van der Waals surface area contributed by atoms with Crippen LogP contribution in [0.2, 0.25) is 0 Å². The highest BCUT2D eigenvalue weighted by Crippen LogP contribution is 2.20. The number of nitrogens with zero attached hydrogens (tertiary/aromatic N) is 7. The molecule has 3 aromatic rings. The normalized spacial score (nSPS) is 15.2. The average molecular weight is 339 g/mol. The third-order valence-corrected chi connectivity index (χ3v) is 4.59. The Morgan fingerprint density at radius 3 is 2.52 bits per heavy atom. The zero-order valence-corrected chi connectivity index (χ0v) is 14.7. The molecule has 1 aliphatic rings. The lowest BCUT2D eigenvalue weighted by Gasteiger charge is -2.36. The van der Waals surface area contributed by atoms with Crippen molar-refractivity contribution in [3.05, 3.63) is 41.5 Å². The van der Waals surface area contributed by atoms with E-state index in [-0.39, 0.29) is 5.91 Å². The Morgan fingerprint density at radius 2 is 1.84 bits per heavy atom. The standard InChI is InChI=1S/C17H21N7O/c1-12-11-16(24-15(19-12)10-13(2)20-24)22-6-8-23(9-7-22)17(25)14-4-5-18-21(14)3/h4-5,10-11H,6-9H2,1-3H3. The molecule has 0 aromatic carbocycles. The first-order chi connectivity index (χ1) is 12.0. The highest BCUT2D eigenvalue weighted by molar-refractivity contribution is 5.92. The molecule has 3 aromatic heterocycles. The number of anilines is 1. The zero-order valence-electron chi connectivity index (χ0n) is 14.7. The molecule has 1 amide bonds. The second kappa shape index (κ2) is 5.87. The van der Waals surface area contributed by atoms with E-state index in [9.17, 15) is 4.79 Å². The van der Waals surface area contributed by atoms with Crippen molar-refractivity contribution >= 4 is 17.4 Å². The molecule has 130 valence electrons. The summed E-state index contributed by atoms with van der Waals surface area (Å²) in [5.74, 6) is 1.06. The number of aryl methyl sites for hydroxylation is 3. The Hall–Kier alpha value is -2.90. The Bertz CT molecular complexity index is 934. The van der Waals surface area contributed by atoms with Crippen LogP contribution in [0.4, 0.5) is 5.82 Å². The lowest BCUT2D eigenvalue weighted by atomic mass is 10.2. The first kappa shape index (κ1) is 15.6. The zero-order chi connectivity index (χ0) is 17.6. The van der Waals surface area contributed by atoms with Gasteiger partial charge in [0.15, 0.2) is 5.65 Å². The average Bonchev–Trinajstić information content (AvgIpc) is 3.18. The summed E-state index contributed by atoms with van der Waals surface area (Å²) < 4.78 is 3.51. The molecular weight excluding hydrogens is 318 g/mol. The van der Waals surface area contributed by atoms with E-state index >= 15 is 0 Å². The minimum atomic E-state index is 0.0330. The Labute approximate surface area is 145 Å². The van der Waals surface area contributed by atoms with Gasteiger partial charge in [0.05, 0.1) is 5.69 Å². The van der Waals surface area contributed by atoms with Crippen LogP contribution >= 0.6 is 0 Å². The van der Waals surface area contributed by atoms with Crippen LogP contribution in [-0.4, -0.2) is 61.4 Å². The van der Waals surface area contributed by atoms with Crippen molar-refractivity contribution < 1.29 is 4.79 Å².